The SMILES string of the molecule is CC1=CC2C(=O)N=C(CSCC(=O)NC3CC3)N=C2S1. The van der Waals surface area contributed by atoms with E-state index in [9.17, 15) is 9.59 Å². The molecule has 0 aromatic rings. The third kappa shape index (κ3) is 3.32. The van der Waals surface area contributed by atoms with Crippen LogP contribution in [0.1, 0.15) is 19.8 Å². The molecule has 106 valence electrons. The number of amidine groups is 1. The average Bonchev–Trinajstić information content (AvgIpc) is 3.09. The highest BCUT2D eigenvalue weighted by atomic mass is 32.2. The van der Waals surface area contributed by atoms with Gasteiger partial charge in [0.2, 0.25) is 5.91 Å². The van der Waals surface area contributed by atoms with Crippen LogP contribution in [0.4, 0.5) is 0 Å². The van der Waals surface area contributed by atoms with Gasteiger partial charge in [-0.15, -0.1) is 11.8 Å². The Kier molecular flexibility index (Phi) is 3.98. The summed E-state index contributed by atoms with van der Waals surface area (Å²) in [6.07, 6.45) is 4.09. The van der Waals surface area contributed by atoms with Crippen LogP contribution < -0.4 is 5.32 Å². The number of amides is 2. The second-order valence-corrected chi connectivity index (χ2v) is 7.26. The summed E-state index contributed by atoms with van der Waals surface area (Å²) in [6.45, 7) is 1.97. The van der Waals surface area contributed by atoms with E-state index in [0.717, 1.165) is 22.8 Å². The number of hydrogen-bond donors (Lipinski definition) is 1. The molecule has 3 aliphatic rings. The van der Waals surface area contributed by atoms with E-state index in [1.54, 1.807) is 0 Å². The van der Waals surface area contributed by atoms with Crippen LogP contribution >= 0.6 is 23.5 Å². The zero-order valence-electron chi connectivity index (χ0n) is 11.1. The molecule has 2 amide bonds. The number of hydrogen-bond acceptors (Lipinski definition) is 5. The Morgan fingerprint density at radius 2 is 2.30 bits per heavy atom. The fourth-order valence-corrected chi connectivity index (χ4v) is 3.65. The number of allylic oxidation sites excluding steroid dienone is 1. The quantitative estimate of drug-likeness (QED) is 0.837. The molecule has 2 aliphatic heterocycles. The van der Waals surface area contributed by atoms with Crippen LogP contribution in [0.2, 0.25) is 0 Å². The lowest BCUT2D eigenvalue weighted by atomic mass is 10.1. The number of nitrogens with zero attached hydrogens (tertiary/aromatic N) is 2. The first kappa shape index (κ1) is 13.9. The van der Waals surface area contributed by atoms with Gasteiger partial charge in [0.05, 0.1) is 16.5 Å². The molecule has 1 unspecified atom stereocenters. The summed E-state index contributed by atoms with van der Waals surface area (Å²) in [5, 5.41) is 3.75. The van der Waals surface area contributed by atoms with Crippen molar-refractivity contribution in [2.45, 2.75) is 25.8 Å². The molecule has 5 nitrogen and oxygen atoms in total. The highest BCUT2D eigenvalue weighted by molar-refractivity contribution is 8.17. The van der Waals surface area contributed by atoms with E-state index >= 15 is 0 Å². The first-order valence-corrected chi connectivity index (χ1v) is 8.52. The van der Waals surface area contributed by atoms with Crippen molar-refractivity contribution in [1.29, 1.82) is 0 Å². The van der Waals surface area contributed by atoms with Crippen LogP contribution in [0.15, 0.2) is 21.0 Å². The van der Waals surface area contributed by atoms with E-state index < -0.39 is 0 Å². The normalized spacial score (nSPS) is 24.8. The van der Waals surface area contributed by atoms with Crippen LogP contribution in [0.3, 0.4) is 0 Å². The van der Waals surface area contributed by atoms with Crippen molar-refractivity contribution in [3.8, 4) is 0 Å². The molecule has 0 saturated heterocycles. The van der Waals surface area contributed by atoms with Crippen LogP contribution in [0, 0.1) is 5.92 Å². The summed E-state index contributed by atoms with van der Waals surface area (Å²) in [5.74, 6) is 1.06. The van der Waals surface area contributed by atoms with Crippen LogP contribution in [0.5, 0.6) is 0 Å². The molecule has 1 fully saturated rings. The second kappa shape index (κ2) is 5.73. The van der Waals surface area contributed by atoms with E-state index in [0.29, 0.717) is 23.4 Å². The number of rotatable bonds is 5. The number of carbonyl (C=O) groups excluding carboxylic acids is 2. The van der Waals surface area contributed by atoms with E-state index in [1.807, 2.05) is 13.0 Å². The molecule has 0 aromatic carbocycles. The summed E-state index contributed by atoms with van der Waals surface area (Å²) in [4.78, 5) is 32.9. The number of thioether (sulfide) groups is 2. The van der Waals surface area contributed by atoms with Gasteiger partial charge in [-0.1, -0.05) is 17.8 Å². The topological polar surface area (TPSA) is 70.9 Å². The Hall–Kier alpha value is -1.08. The van der Waals surface area contributed by atoms with Gasteiger partial charge in [0.15, 0.2) is 0 Å². The standard InChI is InChI=1S/C13H15N3O2S2/c1-7-4-9-12(18)15-10(16-13(9)20-7)5-19-6-11(17)14-8-2-3-8/h4,8-9H,2-3,5-6H2,1H3,(H,14,17). The molecular formula is C13H15N3O2S2. The van der Waals surface area contributed by atoms with E-state index in [-0.39, 0.29) is 17.7 Å². The number of aliphatic imine (C=N–C) groups is 2. The lowest BCUT2D eigenvalue weighted by Crippen LogP contribution is -2.28. The predicted molar refractivity (Wildman–Crippen MR) is 83.2 cm³/mol. The molecule has 0 spiro atoms. The van der Waals surface area contributed by atoms with Crippen LogP contribution in [0.25, 0.3) is 0 Å². The van der Waals surface area contributed by atoms with Crippen molar-refractivity contribution in [2.24, 2.45) is 15.9 Å². The maximum absolute atomic E-state index is 11.9. The molecular weight excluding hydrogens is 294 g/mol. The predicted octanol–water partition coefficient (Wildman–Crippen LogP) is 1.60. The van der Waals surface area contributed by atoms with E-state index in [1.165, 1.54) is 23.5 Å². The number of carbonyl (C=O) groups is 2. The Bertz CT molecular complexity index is 550. The molecule has 0 aromatic heterocycles. The summed E-state index contributed by atoms with van der Waals surface area (Å²) < 4.78 is 0. The molecule has 1 atom stereocenters. The third-order valence-corrected chi connectivity index (χ3v) is 5.03. The van der Waals surface area contributed by atoms with Gasteiger partial charge < -0.3 is 5.32 Å². The number of fused-ring (bicyclic) bond motifs is 1. The molecule has 20 heavy (non-hydrogen) atoms. The fraction of sp³-hybridized carbons (Fsp3) is 0.538. The summed E-state index contributed by atoms with van der Waals surface area (Å²) >= 11 is 2.98. The molecule has 0 bridgehead atoms. The zero-order valence-corrected chi connectivity index (χ0v) is 12.7. The smallest absolute Gasteiger partial charge is 0.261 e. The third-order valence-electron chi connectivity index (χ3n) is 3.08. The largest absolute Gasteiger partial charge is 0.353 e. The van der Waals surface area contributed by atoms with Crippen molar-refractivity contribution < 1.29 is 9.59 Å². The monoisotopic (exact) mass is 309 g/mol. The van der Waals surface area contributed by atoms with Crippen LogP contribution in [-0.4, -0.2) is 40.2 Å². The first-order valence-electron chi connectivity index (χ1n) is 6.55. The van der Waals surface area contributed by atoms with Gasteiger partial charge in [-0.05, 0) is 24.7 Å². The lowest BCUT2D eigenvalue weighted by molar-refractivity contribution is -0.119. The van der Waals surface area contributed by atoms with Gasteiger partial charge in [-0.3, -0.25) is 9.59 Å². The lowest BCUT2D eigenvalue weighted by Gasteiger charge is -2.12. The van der Waals surface area contributed by atoms with Crippen molar-refractivity contribution in [2.75, 3.05) is 11.5 Å². The van der Waals surface area contributed by atoms with Gasteiger partial charge in [0.25, 0.3) is 5.91 Å². The molecule has 1 N–H and O–H groups in total. The maximum Gasteiger partial charge on any atom is 0.261 e. The van der Waals surface area contributed by atoms with Crippen molar-refractivity contribution in [1.82, 2.24) is 5.32 Å². The van der Waals surface area contributed by atoms with Crippen molar-refractivity contribution >= 4 is 46.2 Å². The summed E-state index contributed by atoms with van der Waals surface area (Å²) in [7, 11) is 0. The Morgan fingerprint density at radius 3 is 3.05 bits per heavy atom. The fourth-order valence-electron chi connectivity index (χ4n) is 1.98. The van der Waals surface area contributed by atoms with Crippen molar-refractivity contribution in [3.05, 3.63) is 11.0 Å². The Balaban J connectivity index is 1.50. The Labute approximate surface area is 125 Å². The summed E-state index contributed by atoms with van der Waals surface area (Å²) in [6, 6.07) is 0.390. The minimum Gasteiger partial charge on any atom is -0.353 e. The highest BCUT2D eigenvalue weighted by Crippen LogP contribution is 2.34. The first-order chi connectivity index (χ1) is 9.61. The van der Waals surface area contributed by atoms with E-state index in [4.69, 9.17) is 0 Å². The minimum atomic E-state index is -0.271. The average molecular weight is 309 g/mol. The van der Waals surface area contributed by atoms with Gasteiger partial charge >= 0.3 is 0 Å². The highest BCUT2D eigenvalue weighted by Gasteiger charge is 2.32. The second-order valence-electron chi connectivity index (χ2n) is 5.01. The van der Waals surface area contributed by atoms with Crippen molar-refractivity contribution in [3.63, 3.8) is 0 Å². The van der Waals surface area contributed by atoms with Gasteiger partial charge in [0.1, 0.15) is 11.8 Å². The van der Waals surface area contributed by atoms with Gasteiger partial charge in [-0.25, -0.2) is 4.99 Å². The molecule has 1 aliphatic carbocycles. The minimum absolute atomic E-state index is 0.0542. The Morgan fingerprint density at radius 1 is 1.50 bits per heavy atom. The molecule has 3 rings (SSSR count). The van der Waals surface area contributed by atoms with Gasteiger partial charge in [0, 0.05) is 6.04 Å². The maximum atomic E-state index is 11.9. The molecule has 1 saturated carbocycles. The van der Waals surface area contributed by atoms with Crippen LogP contribution in [-0.2, 0) is 9.59 Å². The molecule has 0 radical (unpaired) electrons. The molecule has 2 heterocycles. The zero-order chi connectivity index (χ0) is 14.1. The molecule has 7 heteroatoms. The summed E-state index contributed by atoms with van der Waals surface area (Å²) in [5.41, 5.74) is 0. The van der Waals surface area contributed by atoms with E-state index in [2.05, 4.69) is 15.3 Å². The van der Waals surface area contributed by atoms with Gasteiger partial charge in [-0.2, -0.15) is 4.99 Å². The number of nitrogens with one attached hydrogen (secondary N) is 1.